The van der Waals surface area contributed by atoms with E-state index < -0.39 is 0 Å². The van der Waals surface area contributed by atoms with Crippen LogP contribution in [0.15, 0.2) is 35.7 Å². The van der Waals surface area contributed by atoms with Crippen LogP contribution in [0.2, 0.25) is 0 Å². The Hall–Kier alpha value is -1.19. The average Bonchev–Trinajstić information content (AvgIpc) is 2.70. The van der Waals surface area contributed by atoms with Gasteiger partial charge in [-0.3, -0.25) is 4.98 Å². The average molecular weight is 218 g/mol. The molecule has 0 aliphatic heterocycles. The topological polar surface area (TPSA) is 38.9 Å². The monoisotopic (exact) mass is 218 g/mol. The van der Waals surface area contributed by atoms with Crippen LogP contribution in [-0.4, -0.2) is 4.98 Å². The van der Waals surface area contributed by atoms with Crippen LogP contribution in [0, 0.1) is 6.92 Å². The maximum atomic E-state index is 6.10. The van der Waals surface area contributed by atoms with Gasteiger partial charge < -0.3 is 5.73 Å². The van der Waals surface area contributed by atoms with Gasteiger partial charge in [-0.1, -0.05) is 12.1 Å². The highest BCUT2D eigenvalue weighted by Gasteiger charge is 2.08. The third-order valence-corrected chi connectivity index (χ3v) is 3.19. The number of hydrogen-bond acceptors (Lipinski definition) is 3. The van der Waals surface area contributed by atoms with Crippen LogP contribution in [0.1, 0.15) is 22.3 Å². The summed E-state index contributed by atoms with van der Waals surface area (Å²) in [6.07, 6.45) is 0.869. The molecule has 2 N–H and O–H groups in total. The van der Waals surface area contributed by atoms with Gasteiger partial charge in [0.1, 0.15) is 0 Å². The number of rotatable bonds is 3. The van der Waals surface area contributed by atoms with Crippen LogP contribution in [-0.2, 0) is 6.42 Å². The maximum Gasteiger partial charge on any atom is 0.0577 e. The minimum absolute atomic E-state index is 0.00329. The molecule has 0 saturated carbocycles. The van der Waals surface area contributed by atoms with Gasteiger partial charge in [-0.25, -0.2) is 0 Å². The van der Waals surface area contributed by atoms with Gasteiger partial charge in [0.05, 0.1) is 11.7 Å². The van der Waals surface area contributed by atoms with Crippen molar-refractivity contribution in [2.24, 2.45) is 5.73 Å². The number of pyridine rings is 1. The lowest BCUT2D eigenvalue weighted by atomic mass is 10.1. The standard InChI is InChI=1S/C12H14N2S/c1-9-4-2-6-12(14-9)11(13)8-10-5-3-7-15-10/h2-7,11H,8,13H2,1H3. The Labute approximate surface area is 93.8 Å². The third kappa shape index (κ3) is 2.64. The highest BCUT2D eigenvalue weighted by atomic mass is 32.1. The predicted octanol–water partition coefficient (Wildman–Crippen LogP) is 2.69. The fourth-order valence-corrected chi connectivity index (χ4v) is 2.29. The fraction of sp³-hybridized carbons (Fsp3) is 0.250. The summed E-state index contributed by atoms with van der Waals surface area (Å²) in [5.74, 6) is 0. The Morgan fingerprint density at radius 3 is 2.87 bits per heavy atom. The van der Waals surface area contributed by atoms with Crippen molar-refractivity contribution in [1.82, 2.24) is 4.98 Å². The molecule has 2 aromatic rings. The summed E-state index contributed by atoms with van der Waals surface area (Å²) >= 11 is 1.74. The van der Waals surface area contributed by atoms with Gasteiger partial charge in [-0.15, -0.1) is 11.3 Å². The number of nitrogens with two attached hydrogens (primary N) is 1. The molecular weight excluding hydrogens is 204 g/mol. The van der Waals surface area contributed by atoms with Crippen molar-refractivity contribution in [3.63, 3.8) is 0 Å². The third-order valence-electron chi connectivity index (χ3n) is 2.29. The smallest absolute Gasteiger partial charge is 0.0577 e. The molecule has 3 heteroatoms. The summed E-state index contributed by atoms with van der Waals surface area (Å²) in [5, 5.41) is 2.08. The van der Waals surface area contributed by atoms with Crippen molar-refractivity contribution in [2.45, 2.75) is 19.4 Å². The Kier molecular flexibility index (Phi) is 3.14. The quantitative estimate of drug-likeness (QED) is 0.860. The fourth-order valence-electron chi connectivity index (χ4n) is 1.52. The van der Waals surface area contributed by atoms with Gasteiger partial charge in [-0.05, 0) is 30.5 Å². The molecule has 0 radical (unpaired) electrons. The predicted molar refractivity (Wildman–Crippen MR) is 63.9 cm³/mol. The molecule has 0 aliphatic carbocycles. The summed E-state index contributed by atoms with van der Waals surface area (Å²) in [6, 6.07) is 10.2. The highest BCUT2D eigenvalue weighted by Crippen LogP contribution is 2.17. The van der Waals surface area contributed by atoms with E-state index in [0.717, 1.165) is 17.8 Å². The van der Waals surface area contributed by atoms with E-state index in [1.54, 1.807) is 11.3 Å². The van der Waals surface area contributed by atoms with Gasteiger partial charge in [0.25, 0.3) is 0 Å². The van der Waals surface area contributed by atoms with Crippen molar-refractivity contribution >= 4 is 11.3 Å². The number of hydrogen-bond donors (Lipinski definition) is 1. The number of nitrogens with zero attached hydrogens (tertiary/aromatic N) is 1. The second-order valence-corrected chi connectivity index (χ2v) is 4.63. The summed E-state index contributed by atoms with van der Waals surface area (Å²) < 4.78 is 0. The number of aromatic nitrogens is 1. The lowest BCUT2D eigenvalue weighted by Gasteiger charge is -2.10. The zero-order chi connectivity index (χ0) is 10.7. The first kappa shape index (κ1) is 10.3. The van der Waals surface area contributed by atoms with Crippen LogP contribution >= 0.6 is 11.3 Å². The van der Waals surface area contributed by atoms with Gasteiger partial charge >= 0.3 is 0 Å². The second kappa shape index (κ2) is 4.55. The SMILES string of the molecule is Cc1cccc(C(N)Cc2cccs2)n1. The van der Waals surface area contributed by atoms with E-state index in [-0.39, 0.29) is 6.04 Å². The van der Waals surface area contributed by atoms with Gasteiger partial charge in [0.15, 0.2) is 0 Å². The zero-order valence-electron chi connectivity index (χ0n) is 8.68. The first-order chi connectivity index (χ1) is 7.25. The van der Waals surface area contributed by atoms with E-state index >= 15 is 0 Å². The molecule has 2 nitrogen and oxygen atoms in total. The van der Waals surface area contributed by atoms with Gasteiger partial charge in [0, 0.05) is 17.0 Å². The molecule has 0 bridgehead atoms. The Balaban J connectivity index is 2.11. The first-order valence-corrected chi connectivity index (χ1v) is 5.85. The molecule has 15 heavy (non-hydrogen) atoms. The maximum absolute atomic E-state index is 6.10. The number of aryl methyl sites for hydroxylation is 1. The molecule has 78 valence electrons. The summed E-state index contributed by atoms with van der Waals surface area (Å²) in [4.78, 5) is 5.74. The number of thiophene rings is 1. The van der Waals surface area contributed by atoms with Crippen molar-refractivity contribution in [3.8, 4) is 0 Å². The summed E-state index contributed by atoms with van der Waals surface area (Å²) in [5.41, 5.74) is 8.10. The molecule has 0 spiro atoms. The van der Waals surface area contributed by atoms with Crippen LogP contribution in [0.25, 0.3) is 0 Å². The van der Waals surface area contributed by atoms with Crippen LogP contribution in [0.4, 0.5) is 0 Å². The minimum atomic E-state index is 0.00329. The molecule has 0 amide bonds. The Morgan fingerprint density at radius 2 is 2.20 bits per heavy atom. The molecule has 0 fully saturated rings. The Morgan fingerprint density at radius 1 is 1.33 bits per heavy atom. The van der Waals surface area contributed by atoms with Crippen LogP contribution < -0.4 is 5.73 Å². The summed E-state index contributed by atoms with van der Waals surface area (Å²) in [7, 11) is 0. The van der Waals surface area contributed by atoms with Crippen molar-refractivity contribution in [2.75, 3.05) is 0 Å². The van der Waals surface area contributed by atoms with E-state index in [9.17, 15) is 0 Å². The van der Waals surface area contributed by atoms with E-state index in [1.807, 2.05) is 25.1 Å². The lowest BCUT2D eigenvalue weighted by Crippen LogP contribution is -2.14. The molecular formula is C12H14N2S. The Bertz CT molecular complexity index is 423. The zero-order valence-corrected chi connectivity index (χ0v) is 9.50. The lowest BCUT2D eigenvalue weighted by molar-refractivity contribution is 0.700. The van der Waals surface area contributed by atoms with E-state index in [1.165, 1.54) is 4.88 Å². The molecule has 0 aliphatic rings. The minimum Gasteiger partial charge on any atom is -0.322 e. The molecule has 1 unspecified atom stereocenters. The molecule has 0 aromatic carbocycles. The molecule has 2 rings (SSSR count). The van der Waals surface area contributed by atoms with E-state index in [4.69, 9.17) is 5.73 Å². The summed E-state index contributed by atoms with van der Waals surface area (Å²) in [6.45, 7) is 1.99. The second-order valence-electron chi connectivity index (χ2n) is 3.59. The van der Waals surface area contributed by atoms with Crippen molar-refractivity contribution in [1.29, 1.82) is 0 Å². The van der Waals surface area contributed by atoms with Gasteiger partial charge in [0.2, 0.25) is 0 Å². The van der Waals surface area contributed by atoms with E-state index in [2.05, 4.69) is 22.5 Å². The highest BCUT2D eigenvalue weighted by molar-refractivity contribution is 7.09. The first-order valence-electron chi connectivity index (χ1n) is 4.97. The molecule has 0 saturated heterocycles. The normalized spacial score (nSPS) is 12.7. The van der Waals surface area contributed by atoms with Crippen LogP contribution in [0.5, 0.6) is 0 Å². The molecule has 1 atom stereocenters. The molecule has 2 aromatic heterocycles. The van der Waals surface area contributed by atoms with Gasteiger partial charge in [-0.2, -0.15) is 0 Å². The van der Waals surface area contributed by atoms with E-state index in [0.29, 0.717) is 0 Å². The van der Waals surface area contributed by atoms with Crippen LogP contribution in [0.3, 0.4) is 0 Å². The van der Waals surface area contributed by atoms with Crippen molar-refractivity contribution in [3.05, 3.63) is 52.0 Å². The largest absolute Gasteiger partial charge is 0.322 e. The molecule has 2 heterocycles. The van der Waals surface area contributed by atoms with Crippen molar-refractivity contribution < 1.29 is 0 Å².